The molecule has 3 rings (SSSR count). The lowest BCUT2D eigenvalue weighted by molar-refractivity contribution is -0.140. The van der Waals surface area contributed by atoms with E-state index in [-0.39, 0.29) is 17.5 Å². The maximum atomic E-state index is 11.4. The van der Waals surface area contributed by atoms with Gasteiger partial charge in [0.2, 0.25) is 0 Å². The Balaban J connectivity index is 1.89. The number of carbonyl (C=O) groups excluding carboxylic acids is 1. The van der Waals surface area contributed by atoms with Gasteiger partial charge in [-0.05, 0) is 18.1 Å². The fourth-order valence-electron chi connectivity index (χ4n) is 2.95. The minimum absolute atomic E-state index is 0.0186. The molecule has 0 amide bonds. The summed E-state index contributed by atoms with van der Waals surface area (Å²) in [7, 11) is 0. The van der Waals surface area contributed by atoms with E-state index >= 15 is 0 Å². The molecule has 0 aromatic heterocycles. The van der Waals surface area contributed by atoms with Crippen molar-refractivity contribution in [3.63, 3.8) is 0 Å². The first kappa shape index (κ1) is 10.6. The van der Waals surface area contributed by atoms with Crippen LogP contribution in [0, 0.1) is 5.41 Å². The van der Waals surface area contributed by atoms with E-state index in [0.717, 1.165) is 6.42 Å². The molecule has 1 fully saturated rings. The number of allylic oxidation sites excluding steroid dienone is 1. The number of fused-ring (bicyclic) bond motifs is 1. The van der Waals surface area contributed by atoms with Crippen LogP contribution in [0.3, 0.4) is 0 Å². The van der Waals surface area contributed by atoms with E-state index in [1.807, 2.05) is 6.07 Å². The van der Waals surface area contributed by atoms with Crippen molar-refractivity contribution in [2.45, 2.75) is 31.8 Å². The van der Waals surface area contributed by atoms with Gasteiger partial charge >= 0.3 is 5.97 Å². The van der Waals surface area contributed by atoms with Crippen molar-refractivity contribution in [1.29, 1.82) is 0 Å². The zero-order valence-corrected chi connectivity index (χ0v) is 9.93. The number of esters is 1. The quantitative estimate of drug-likeness (QED) is 0.545. The van der Waals surface area contributed by atoms with Crippen LogP contribution in [0.2, 0.25) is 0 Å². The minimum atomic E-state index is -0.0594. The second-order valence-corrected chi connectivity index (χ2v) is 5.35. The molecule has 0 N–H and O–H groups in total. The highest BCUT2D eigenvalue weighted by Crippen LogP contribution is 2.47. The SMILES string of the molecule is C[C@@]12CC(=O)O[C@@H]1C=C[C@@H](c1ccccc1)C2. The minimum Gasteiger partial charge on any atom is -0.457 e. The van der Waals surface area contributed by atoms with E-state index in [4.69, 9.17) is 4.74 Å². The summed E-state index contributed by atoms with van der Waals surface area (Å²) in [5, 5.41) is 0. The van der Waals surface area contributed by atoms with Gasteiger partial charge in [-0.2, -0.15) is 0 Å². The molecule has 2 aliphatic rings. The van der Waals surface area contributed by atoms with Crippen molar-refractivity contribution < 1.29 is 9.53 Å². The van der Waals surface area contributed by atoms with Crippen molar-refractivity contribution in [2.24, 2.45) is 5.41 Å². The molecule has 1 aliphatic carbocycles. The molecule has 0 spiro atoms. The Morgan fingerprint density at radius 1 is 1.24 bits per heavy atom. The summed E-state index contributed by atoms with van der Waals surface area (Å²) in [6, 6.07) is 10.5. The van der Waals surface area contributed by atoms with E-state index in [2.05, 4.69) is 43.3 Å². The van der Waals surface area contributed by atoms with Gasteiger partial charge in [-0.15, -0.1) is 0 Å². The lowest BCUT2D eigenvalue weighted by Gasteiger charge is -2.34. The molecule has 1 aromatic rings. The molecule has 17 heavy (non-hydrogen) atoms. The van der Waals surface area contributed by atoms with Crippen molar-refractivity contribution in [2.75, 3.05) is 0 Å². The van der Waals surface area contributed by atoms with Gasteiger partial charge in [0.15, 0.2) is 0 Å². The third-order valence-electron chi connectivity index (χ3n) is 3.93. The summed E-state index contributed by atoms with van der Waals surface area (Å²) in [5.41, 5.74) is 1.30. The molecule has 1 saturated heterocycles. The van der Waals surface area contributed by atoms with Crippen LogP contribution in [0.5, 0.6) is 0 Å². The Morgan fingerprint density at radius 2 is 2.00 bits per heavy atom. The number of ether oxygens (including phenoxy) is 1. The lowest BCUT2D eigenvalue weighted by atomic mass is 9.70. The first-order valence-corrected chi connectivity index (χ1v) is 6.10. The Morgan fingerprint density at radius 3 is 2.76 bits per heavy atom. The first-order chi connectivity index (χ1) is 8.17. The zero-order valence-electron chi connectivity index (χ0n) is 9.93. The largest absolute Gasteiger partial charge is 0.457 e. The van der Waals surface area contributed by atoms with Gasteiger partial charge < -0.3 is 4.74 Å². The third kappa shape index (κ3) is 1.78. The third-order valence-corrected chi connectivity index (χ3v) is 3.93. The van der Waals surface area contributed by atoms with Crippen LogP contribution in [0.4, 0.5) is 0 Å². The Bertz CT molecular complexity index is 463. The fraction of sp³-hybridized carbons (Fsp3) is 0.400. The molecule has 88 valence electrons. The van der Waals surface area contributed by atoms with E-state index in [0.29, 0.717) is 12.3 Å². The van der Waals surface area contributed by atoms with E-state index < -0.39 is 0 Å². The Kier molecular flexibility index (Phi) is 2.32. The average Bonchev–Trinajstić information content (AvgIpc) is 2.63. The van der Waals surface area contributed by atoms with Crippen molar-refractivity contribution in [1.82, 2.24) is 0 Å². The van der Waals surface area contributed by atoms with Gasteiger partial charge in [0.05, 0.1) is 6.42 Å². The fourth-order valence-corrected chi connectivity index (χ4v) is 2.95. The number of benzene rings is 1. The van der Waals surface area contributed by atoms with Crippen molar-refractivity contribution in [3.05, 3.63) is 48.0 Å². The van der Waals surface area contributed by atoms with Crippen LogP contribution in [-0.4, -0.2) is 12.1 Å². The molecule has 3 atom stereocenters. The molecule has 1 aliphatic heterocycles. The number of carbonyl (C=O) groups is 1. The van der Waals surface area contributed by atoms with Crippen LogP contribution >= 0.6 is 0 Å². The predicted octanol–water partition coefficient (Wildman–Crippen LogP) is 3.05. The van der Waals surface area contributed by atoms with Crippen LogP contribution in [0.25, 0.3) is 0 Å². The number of hydrogen-bond acceptors (Lipinski definition) is 2. The van der Waals surface area contributed by atoms with Gasteiger partial charge in [0, 0.05) is 11.3 Å². The highest BCUT2D eigenvalue weighted by Gasteiger charge is 2.47. The maximum absolute atomic E-state index is 11.4. The standard InChI is InChI=1S/C15H16O2/c1-15-9-12(11-5-3-2-4-6-11)7-8-13(15)17-14(16)10-15/h2-8,12-13H,9-10H2,1H3/t12-,13-,15-/m1/s1. The van der Waals surface area contributed by atoms with Crippen molar-refractivity contribution >= 4 is 5.97 Å². The predicted molar refractivity (Wildman–Crippen MR) is 65.5 cm³/mol. The molecular formula is C15H16O2. The summed E-state index contributed by atoms with van der Waals surface area (Å²) in [6.07, 6.45) is 5.76. The van der Waals surface area contributed by atoms with Gasteiger partial charge in [-0.1, -0.05) is 43.3 Å². The smallest absolute Gasteiger partial charge is 0.307 e. The summed E-state index contributed by atoms with van der Waals surface area (Å²) >= 11 is 0. The van der Waals surface area contributed by atoms with Crippen LogP contribution < -0.4 is 0 Å². The lowest BCUT2D eigenvalue weighted by Crippen LogP contribution is -2.31. The van der Waals surface area contributed by atoms with E-state index in [1.54, 1.807) is 0 Å². The summed E-state index contributed by atoms with van der Waals surface area (Å²) in [6.45, 7) is 2.15. The van der Waals surface area contributed by atoms with E-state index in [9.17, 15) is 4.79 Å². The molecule has 0 unspecified atom stereocenters. The molecule has 1 heterocycles. The van der Waals surface area contributed by atoms with Crippen LogP contribution in [0.15, 0.2) is 42.5 Å². The normalized spacial score (nSPS) is 35.5. The maximum Gasteiger partial charge on any atom is 0.307 e. The van der Waals surface area contributed by atoms with E-state index in [1.165, 1.54) is 5.56 Å². The molecule has 2 nitrogen and oxygen atoms in total. The average molecular weight is 228 g/mol. The second kappa shape index (κ2) is 3.73. The summed E-state index contributed by atoms with van der Waals surface area (Å²) in [4.78, 5) is 11.4. The number of hydrogen-bond donors (Lipinski definition) is 0. The first-order valence-electron chi connectivity index (χ1n) is 6.10. The molecule has 1 aromatic carbocycles. The second-order valence-electron chi connectivity index (χ2n) is 5.35. The van der Waals surface area contributed by atoms with Gasteiger partial charge in [-0.3, -0.25) is 4.79 Å². The Labute approximate surface area is 101 Å². The highest BCUT2D eigenvalue weighted by molar-refractivity contribution is 5.73. The molecule has 0 radical (unpaired) electrons. The molecule has 0 saturated carbocycles. The molecule has 2 heteroatoms. The highest BCUT2D eigenvalue weighted by atomic mass is 16.6. The zero-order chi connectivity index (χ0) is 11.9. The number of rotatable bonds is 1. The summed E-state index contributed by atoms with van der Waals surface area (Å²) < 4.78 is 5.33. The van der Waals surface area contributed by atoms with Gasteiger partial charge in [-0.25, -0.2) is 0 Å². The van der Waals surface area contributed by atoms with Gasteiger partial charge in [0.25, 0.3) is 0 Å². The van der Waals surface area contributed by atoms with Crippen LogP contribution in [0.1, 0.15) is 31.2 Å². The van der Waals surface area contributed by atoms with Crippen molar-refractivity contribution in [3.8, 4) is 0 Å². The van der Waals surface area contributed by atoms with Crippen LogP contribution in [-0.2, 0) is 9.53 Å². The Hall–Kier alpha value is -1.57. The molecule has 0 bridgehead atoms. The van der Waals surface area contributed by atoms with Gasteiger partial charge in [0.1, 0.15) is 6.10 Å². The molecular weight excluding hydrogens is 212 g/mol. The summed E-state index contributed by atoms with van der Waals surface area (Å²) in [5.74, 6) is 0.350. The monoisotopic (exact) mass is 228 g/mol. The topological polar surface area (TPSA) is 26.3 Å².